The first kappa shape index (κ1) is 14.9. The largest absolute Gasteiger partial charge is 0.480 e. The minimum absolute atomic E-state index is 0.310. The van der Waals surface area contributed by atoms with Crippen LogP contribution in [0, 0.1) is 0 Å². The van der Waals surface area contributed by atoms with Crippen LogP contribution in [0.4, 0.5) is 0 Å². The van der Waals surface area contributed by atoms with Crippen LogP contribution in [0.1, 0.15) is 19.3 Å². The molecule has 1 saturated heterocycles. The van der Waals surface area contributed by atoms with Crippen LogP contribution in [-0.2, 0) is 24.3 Å². The third kappa shape index (κ3) is 4.98. The molecule has 1 aliphatic heterocycles. The normalized spacial score (nSPS) is 21.7. The van der Waals surface area contributed by atoms with E-state index in [0.717, 1.165) is 6.42 Å². The average Bonchev–Trinajstić information content (AvgIpc) is 2.67. The zero-order valence-electron chi connectivity index (χ0n) is 9.66. The Hall–Kier alpha value is -1.19. The van der Waals surface area contributed by atoms with Crippen LogP contribution in [0.15, 0.2) is 0 Å². The van der Waals surface area contributed by atoms with E-state index in [0.29, 0.717) is 13.0 Å². The van der Waals surface area contributed by atoms with Crippen molar-refractivity contribution in [1.29, 1.82) is 0 Å². The van der Waals surface area contributed by atoms with E-state index >= 15 is 0 Å². The highest BCUT2D eigenvalue weighted by atomic mass is 32.2. The van der Waals surface area contributed by atoms with E-state index in [9.17, 15) is 18.0 Å². The molecule has 0 aromatic carbocycles. The van der Waals surface area contributed by atoms with Gasteiger partial charge in [0.15, 0.2) is 0 Å². The molecular weight excluding hydrogens is 264 g/mol. The molecule has 1 fully saturated rings. The first-order valence-corrected chi connectivity index (χ1v) is 7.08. The number of nitrogens with one attached hydrogen (secondary N) is 1. The molecule has 1 heterocycles. The lowest BCUT2D eigenvalue weighted by atomic mass is 10.2. The minimum Gasteiger partial charge on any atom is -0.480 e. The highest BCUT2D eigenvalue weighted by molar-refractivity contribution is 7.89. The van der Waals surface area contributed by atoms with E-state index < -0.39 is 40.5 Å². The minimum atomic E-state index is -3.82. The van der Waals surface area contributed by atoms with Gasteiger partial charge in [0.25, 0.3) is 0 Å². The van der Waals surface area contributed by atoms with E-state index in [1.54, 1.807) is 0 Å². The number of sulfonamides is 1. The number of carboxylic acid groups (broad SMARTS) is 1. The summed E-state index contributed by atoms with van der Waals surface area (Å²) in [6.07, 6.45) is 0.392. The molecule has 2 atom stereocenters. The summed E-state index contributed by atoms with van der Waals surface area (Å²) in [4.78, 5) is 21.4. The number of primary amides is 1. The highest BCUT2D eigenvalue weighted by Crippen LogP contribution is 2.13. The highest BCUT2D eigenvalue weighted by Gasteiger charge is 2.29. The third-order valence-corrected chi connectivity index (χ3v) is 3.91. The number of aliphatic carboxylic acids is 1. The summed E-state index contributed by atoms with van der Waals surface area (Å²) < 4.78 is 30.4. The van der Waals surface area contributed by atoms with Gasteiger partial charge in [0.05, 0.1) is 18.3 Å². The Bertz CT molecular complexity index is 415. The van der Waals surface area contributed by atoms with Crippen molar-refractivity contribution in [2.24, 2.45) is 5.73 Å². The maximum absolute atomic E-state index is 11.7. The molecular formula is C9H16N2O6S. The molecule has 0 spiro atoms. The Morgan fingerprint density at radius 2 is 2.17 bits per heavy atom. The van der Waals surface area contributed by atoms with Crippen molar-refractivity contribution in [2.45, 2.75) is 31.4 Å². The van der Waals surface area contributed by atoms with Gasteiger partial charge in [0, 0.05) is 6.61 Å². The van der Waals surface area contributed by atoms with Crippen molar-refractivity contribution < 1.29 is 27.9 Å². The predicted molar refractivity (Wildman–Crippen MR) is 61.1 cm³/mol. The molecule has 0 aromatic rings. The lowest BCUT2D eigenvalue weighted by Crippen LogP contribution is -2.45. The number of carbonyl (C=O) groups excluding carboxylic acids is 1. The second-order valence-electron chi connectivity index (χ2n) is 4.10. The number of ether oxygens (including phenoxy) is 1. The Morgan fingerprint density at radius 1 is 1.50 bits per heavy atom. The molecule has 4 N–H and O–H groups in total. The average molecular weight is 280 g/mol. The van der Waals surface area contributed by atoms with Crippen molar-refractivity contribution in [3.63, 3.8) is 0 Å². The molecule has 0 aromatic heterocycles. The second-order valence-corrected chi connectivity index (χ2v) is 5.89. The molecule has 0 bridgehead atoms. The first-order chi connectivity index (χ1) is 8.30. The Kier molecular flexibility index (Phi) is 5.05. The topological polar surface area (TPSA) is 136 Å². The number of hydrogen-bond donors (Lipinski definition) is 3. The van der Waals surface area contributed by atoms with Gasteiger partial charge in [-0.05, 0) is 12.8 Å². The molecule has 1 rings (SSSR count). The first-order valence-electron chi connectivity index (χ1n) is 5.43. The van der Waals surface area contributed by atoms with Gasteiger partial charge in [-0.3, -0.25) is 9.59 Å². The van der Waals surface area contributed by atoms with Crippen molar-refractivity contribution in [1.82, 2.24) is 4.72 Å². The van der Waals surface area contributed by atoms with E-state index in [2.05, 4.69) is 0 Å². The number of hydrogen-bond acceptors (Lipinski definition) is 5. The quantitative estimate of drug-likeness (QED) is 0.514. The molecule has 0 radical (unpaired) electrons. The van der Waals surface area contributed by atoms with Crippen LogP contribution >= 0.6 is 0 Å². The van der Waals surface area contributed by atoms with E-state index in [1.165, 1.54) is 0 Å². The van der Waals surface area contributed by atoms with Gasteiger partial charge in [-0.2, -0.15) is 0 Å². The number of rotatable bonds is 7. The van der Waals surface area contributed by atoms with Crippen LogP contribution in [0.25, 0.3) is 0 Å². The van der Waals surface area contributed by atoms with Gasteiger partial charge in [-0.15, -0.1) is 0 Å². The van der Waals surface area contributed by atoms with Crippen molar-refractivity contribution in [3.05, 3.63) is 0 Å². The van der Waals surface area contributed by atoms with Gasteiger partial charge in [-0.1, -0.05) is 0 Å². The van der Waals surface area contributed by atoms with E-state index in [4.69, 9.17) is 15.6 Å². The SMILES string of the molecule is NC(=O)C[C@H](NS(=O)(=O)CC1CCCO1)C(=O)O. The summed E-state index contributed by atoms with van der Waals surface area (Å²) in [6, 6.07) is -1.53. The smallest absolute Gasteiger partial charge is 0.322 e. The fourth-order valence-electron chi connectivity index (χ4n) is 1.67. The fourth-order valence-corrected chi connectivity index (χ4v) is 3.13. The molecule has 1 amide bonds. The maximum Gasteiger partial charge on any atom is 0.322 e. The van der Waals surface area contributed by atoms with Crippen LogP contribution < -0.4 is 10.5 Å². The zero-order valence-corrected chi connectivity index (χ0v) is 10.5. The number of carbonyl (C=O) groups is 2. The molecule has 9 heteroatoms. The summed E-state index contributed by atoms with van der Waals surface area (Å²) in [5.74, 6) is -2.64. The number of carboxylic acids is 1. The molecule has 104 valence electrons. The predicted octanol–water partition coefficient (Wildman–Crippen LogP) is -1.59. The molecule has 0 saturated carbocycles. The Labute approximate surface area is 105 Å². The van der Waals surface area contributed by atoms with Gasteiger partial charge >= 0.3 is 5.97 Å². The fraction of sp³-hybridized carbons (Fsp3) is 0.778. The van der Waals surface area contributed by atoms with Gasteiger partial charge in [0.2, 0.25) is 15.9 Å². The Morgan fingerprint density at radius 3 is 2.61 bits per heavy atom. The van der Waals surface area contributed by atoms with Crippen LogP contribution in [0.5, 0.6) is 0 Å². The van der Waals surface area contributed by atoms with Crippen molar-refractivity contribution >= 4 is 21.9 Å². The van der Waals surface area contributed by atoms with Crippen molar-refractivity contribution in [2.75, 3.05) is 12.4 Å². The van der Waals surface area contributed by atoms with Crippen LogP contribution in [-0.4, -0.2) is 49.9 Å². The lowest BCUT2D eigenvalue weighted by Gasteiger charge is -2.15. The Balaban J connectivity index is 2.60. The summed E-state index contributed by atoms with van der Waals surface area (Å²) in [6.45, 7) is 0.504. The van der Waals surface area contributed by atoms with Gasteiger partial charge in [0.1, 0.15) is 6.04 Å². The lowest BCUT2D eigenvalue weighted by molar-refractivity contribution is -0.140. The number of amides is 1. The molecule has 18 heavy (non-hydrogen) atoms. The third-order valence-electron chi connectivity index (χ3n) is 2.45. The van der Waals surface area contributed by atoms with Crippen LogP contribution in [0.3, 0.4) is 0 Å². The second kappa shape index (κ2) is 6.12. The number of nitrogens with two attached hydrogens (primary N) is 1. The molecule has 1 aliphatic rings. The molecule has 1 unspecified atom stereocenters. The molecule has 8 nitrogen and oxygen atoms in total. The summed E-state index contributed by atoms with van der Waals surface area (Å²) in [5.41, 5.74) is 4.85. The summed E-state index contributed by atoms with van der Waals surface area (Å²) in [5, 5.41) is 8.78. The van der Waals surface area contributed by atoms with Crippen molar-refractivity contribution in [3.8, 4) is 0 Å². The van der Waals surface area contributed by atoms with Gasteiger partial charge in [-0.25, -0.2) is 13.1 Å². The van der Waals surface area contributed by atoms with E-state index in [-0.39, 0.29) is 5.75 Å². The van der Waals surface area contributed by atoms with Gasteiger partial charge < -0.3 is 15.6 Å². The van der Waals surface area contributed by atoms with Crippen LogP contribution in [0.2, 0.25) is 0 Å². The maximum atomic E-state index is 11.7. The summed E-state index contributed by atoms with van der Waals surface area (Å²) in [7, 11) is -3.82. The zero-order chi connectivity index (χ0) is 13.8. The molecule has 0 aliphatic carbocycles. The summed E-state index contributed by atoms with van der Waals surface area (Å²) >= 11 is 0. The monoisotopic (exact) mass is 280 g/mol. The standard InChI is InChI=1S/C9H16N2O6S/c10-8(12)4-7(9(13)14)11-18(15,16)5-6-2-1-3-17-6/h6-7,11H,1-5H2,(H2,10,12)(H,13,14)/t6?,7-/m0/s1. The van der Waals surface area contributed by atoms with E-state index in [1.807, 2.05) is 4.72 Å².